The zero-order valence-electron chi connectivity index (χ0n) is 7.42. The zero-order chi connectivity index (χ0) is 11.5. The third kappa shape index (κ3) is 2.50. The Kier molecular flexibility index (Phi) is 3.00. The number of halogens is 3. The van der Waals surface area contributed by atoms with Crippen LogP contribution in [-0.4, -0.2) is 11.3 Å². The van der Waals surface area contributed by atoms with Crippen molar-refractivity contribution in [2.75, 3.05) is 0 Å². The minimum absolute atomic E-state index is 0.0369. The number of allylic oxidation sites excluding steroid dienone is 2. The molecular formula is C10H6F3NO. The molecule has 0 fully saturated rings. The van der Waals surface area contributed by atoms with E-state index in [1.807, 2.05) is 0 Å². The summed E-state index contributed by atoms with van der Waals surface area (Å²) in [6, 6.07) is 8.54. The highest BCUT2D eigenvalue weighted by Gasteiger charge is 2.37. The number of aliphatic hydroxyl groups excluding tert-OH is 1. The van der Waals surface area contributed by atoms with Crippen molar-refractivity contribution >= 4 is 5.57 Å². The van der Waals surface area contributed by atoms with Gasteiger partial charge in [0.2, 0.25) is 5.76 Å². The molecule has 1 aromatic carbocycles. The van der Waals surface area contributed by atoms with E-state index in [4.69, 9.17) is 10.4 Å². The van der Waals surface area contributed by atoms with Crippen LogP contribution in [0.5, 0.6) is 0 Å². The van der Waals surface area contributed by atoms with Crippen LogP contribution in [0.15, 0.2) is 36.1 Å². The summed E-state index contributed by atoms with van der Waals surface area (Å²) in [5, 5.41) is 17.4. The fraction of sp³-hybridized carbons (Fsp3) is 0.100. The van der Waals surface area contributed by atoms with E-state index in [9.17, 15) is 13.2 Å². The summed E-state index contributed by atoms with van der Waals surface area (Å²) in [4.78, 5) is 0. The molecule has 0 aliphatic heterocycles. The Hall–Kier alpha value is -1.96. The van der Waals surface area contributed by atoms with E-state index in [2.05, 4.69) is 0 Å². The molecule has 1 N–H and O–H groups in total. The molecule has 1 aromatic rings. The Labute approximate surface area is 83.9 Å². The largest absolute Gasteiger partial charge is 0.503 e. The van der Waals surface area contributed by atoms with E-state index < -0.39 is 17.5 Å². The number of nitrogens with zero attached hydrogens (tertiary/aromatic N) is 1. The average Bonchev–Trinajstić information content (AvgIpc) is 2.19. The third-order valence-corrected chi connectivity index (χ3v) is 1.68. The van der Waals surface area contributed by atoms with E-state index in [-0.39, 0.29) is 5.56 Å². The van der Waals surface area contributed by atoms with Crippen molar-refractivity contribution in [3.05, 3.63) is 41.7 Å². The van der Waals surface area contributed by atoms with Gasteiger partial charge in [0.05, 0.1) is 0 Å². The van der Waals surface area contributed by atoms with Crippen LogP contribution in [0.3, 0.4) is 0 Å². The Bertz CT molecular complexity index is 415. The van der Waals surface area contributed by atoms with Gasteiger partial charge < -0.3 is 5.11 Å². The number of benzene rings is 1. The molecule has 0 spiro atoms. The van der Waals surface area contributed by atoms with Gasteiger partial charge in [0.1, 0.15) is 11.6 Å². The van der Waals surface area contributed by atoms with Crippen LogP contribution in [0, 0.1) is 11.3 Å². The van der Waals surface area contributed by atoms with Gasteiger partial charge in [0, 0.05) is 0 Å². The molecule has 0 heterocycles. The molecule has 0 saturated heterocycles. The van der Waals surface area contributed by atoms with Gasteiger partial charge in [0.15, 0.2) is 0 Å². The maximum absolute atomic E-state index is 12.1. The summed E-state index contributed by atoms with van der Waals surface area (Å²) in [6.07, 6.45) is -4.90. The van der Waals surface area contributed by atoms with Crippen molar-refractivity contribution in [3.8, 4) is 6.07 Å². The predicted molar refractivity (Wildman–Crippen MR) is 47.7 cm³/mol. The molecule has 0 saturated carbocycles. The summed E-state index contributed by atoms with van der Waals surface area (Å²) >= 11 is 0. The molecule has 78 valence electrons. The molecule has 15 heavy (non-hydrogen) atoms. The van der Waals surface area contributed by atoms with E-state index in [0.29, 0.717) is 0 Å². The molecule has 0 atom stereocenters. The number of nitriles is 1. The van der Waals surface area contributed by atoms with Gasteiger partial charge in [-0.2, -0.15) is 18.4 Å². The molecule has 0 aromatic heterocycles. The minimum Gasteiger partial charge on any atom is -0.503 e. The molecule has 0 unspecified atom stereocenters. The maximum Gasteiger partial charge on any atom is 0.450 e. The second-order valence-electron chi connectivity index (χ2n) is 2.70. The van der Waals surface area contributed by atoms with E-state index >= 15 is 0 Å². The van der Waals surface area contributed by atoms with Gasteiger partial charge in [-0.25, -0.2) is 0 Å². The zero-order valence-corrected chi connectivity index (χ0v) is 7.42. The monoisotopic (exact) mass is 213 g/mol. The number of hydrogen-bond acceptors (Lipinski definition) is 2. The molecule has 1 rings (SSSR count). The second kappa shape index (κ2) is 4.05. The van der Waals surface area contributed by atoms with Gasteiger partial charge in [0.25, 0.3) is 0 Å². The molecule has 0 radical (unpaired) electrons. The topological polar surface area (TPSA) is 44.0 Å². The third-order valence-electron chi connectivity index (χ3n) is 1.68. The van der Waals surface area contributed by atoms with E-state index in [1.165, 1.54) is 30.3 Å². The van der Waals surface area contributed by atoms with Gasteiger partial charge in [-0.15, -0.1) is 0 Å². The SMILES string of the molecule is N#C/C(=C(\O)C(F)(F)F)c1ccccc1. The first-order valence-corrected chi connectivity index (χ1v) is 3.92. The fourth-order valence-corrected chi connectivity index (χ4v) is 1.00. The van der Waals surface area contributed by atoms with Crippen molar-refractivity contribution < 1.29 is 18.3 Å². The summed E-state index contributed by atoms with van der Waals surface area (Å²) in [7, 11) is 0. The molecule has 0 aliphatic carbocycles. The lowest BCUT2D eigenvalue weighted by molar-refractivity contribution is -0.119. The Balaban J connectivity index is 3.28. The lowest BCUT2D eigenvalue weighted by atomic mass is 10.1. The predicted octanol–water partition coefficient (Wildman–Crippen LogP) is 3.04. The number of hydrogen-bond donors (Lipinski definition) is 1. The number of aliphatic hydroxyl groups is 1. The summed E-state index contributed by atoms with van der Waals surface area (Å²) in [5.41, 5.74) is -0.738. The molecule has 0 aliphatic rings. The molecule has 0 amide bonds. The fourth-order valence-electron chi connectivity index (χ4n) is 1.00. The molecule has 2 nitrogen and oxygen atoms in total. The van der Waals surface area contributed by atoms with Crippen LogP contribution in [0.4, 0.5) is 13.2 Å². The first-order chi connectivity index (χ1) is 6.96. The summed E-state index contributed by atoms with van der Waals surface area (Å²) in [6.45, 7) is 0. The van der Waals surface area contributed by atoms with Crippen molar-refractivity contribution in [1.29, 1.82) is 5.26 Å². The van der Waals surface area contributed by atoms with Gasteiger partial charge >= 0.3 is 6.18 Å². The summed E-state index contributed by atoms with van der Waals surface area (Å²) in [5.74, 6) is -1.86. The lowest BCUT2D eigenvalue weighted by Gasteiger charge is -2.07. The molecule has 0 bridgehead atoms. The van der Waals surface area contributed by atoms with Gasteiger partial charge in [-0.3, -0.25) is 0 Å². The maximum atomic E-state index is 12.1. The van der Waals surface area contributed by atoms with E-state index in [1.54, 1.807) is 6.07 Å². The average molecular weight is 213 g/mol. The van der Waals surface area contributed by atoms with Crippen LogP contribution in [-0.2, 0) is 0 Å². The quantitative estimate of drug-likeness (QED) is 0.575. The normalized spacial score (nSPS) is 12.9. The smallest absolute Gasteiger partial charge is 0.450 e. The van der Waals surface area contributed by atoms with E-state index in [0.717, 1.165) is 0 Å². The first kappa shape index (κ1) is 11.1. The first-order valence-electron chi connectivity index (χ1n) is 3.92. The van der Waals surface area contributed by atoms with Crippen LogP contribution in [0.25, 0.3) is 5.57 Å². The Morgan fingerprint density at radius 2 is 1.73 bits per heavy atom. The minimum atomic E-state index is -4.90. The molecular weight excluding hydrogens is 207 g/mol. The Morgan fingerprint density at radius 3 is 2.13 bits per heavy atom. The van der Waals surface area contributed by atoms with Crippen molar-refractivity contribution in [3.63, 3.8) is 0 Å². The lowest BCUT2D eigenvalue weighted by Crippen LogP contribution is -2.13. The van der Waals surface area contributed by atoms with Crippen molar-refractivity contribution in [1.82, 2.24) is 0 Å². The van der Waals surface area contributed by atoms with Crippen LogP contribution in [0.1, 0.15) is 5.56 Å². The van der Waals surface area contributed by atoms with Crippen LogP contribution in [0.2, 0.25) is 0 Å². The van der Waals surface area contributed by atoms with Crippen LogP contribution < -0.4 is 0 Å². The number of rotatable bonds is 1. The van der Waals surface area contributed by atoms with Crippen molar-refractivity contribution in [2.24, 2.45) is 0 Å². The van der Waals surface area contributed by atoms with Gasteiger partial charge in [-0.1, -0.05) is 30.3 Å². The highest BCUT2D eigenvalue weighted by molar-refractivity contribution is 5.78. The highest BCUT2D eigenvalue weighted by atomic mass is 19.4. The highest BCUT2D eigenvalue weighted by Crippen LogP contribution is 2.29. The van der Waals surface area contributed by atoms with Crippen molar-refractivity contribution in [2.45, 2.75) is 6.18 Å². The Morgan fingerprint density at radius 1 is 1.20 bits per heavy atom. The second-order valence-corrected chi connectivity index (χ2v) is 2.70. The molecule has 5 heteroatoms. The van der Waals surface area contributed by atoms with Crippen LogP contribution >= 0.6 is 0 Å². The number of alkyl halides is 3. The van der Waals surface area contributed by atoms with Gasteiger partial charge in [-0.05, 0) is 5.56 Å². The standard InChI is InChI=1S/C10H6F3NO/c11-10(12,13)9(15)8(6-14)7-4-2-1-3-5-7/h1-5,15H/b9-8+. The summed E-state index contributed by atoms with van der Waals surface area (Å²) < 4.78 is 36.3.